The van der Waals surface area contributed by atoms with E-state index in [0.717, 1.165) is 10.2 Å². The molecule has 0 spiro atoms. The van der Waals surface area contributed by atoms with E-state index >= 15 is 0 Å². The van der Waals surface area contributed by atoms with Gasteiger partial charge in [-0.15, -0.1) is 0 Å². The fourth-order valence-electron chi connectivity index (χ4n) is 2.00. The predicted molar refractivity (Wildman–Crippen MR) is 78.2 cm³/mol. The molecular formula is C14H16BrNO5. The van der Waals surface area contributed by atoms with Gasteiger partial charge in [0.25, 0.3) is 0 Å². The topological polar surface area (TPSA) is 84.9 Å². The third-order valence-electron chi connectivity index (χ3n) is 3.07. The number of ether oxygens (including phenoxy) is 2. The van der Waals surface area contributed by atoms with Crippen LogP contribution in [-0.2, 0) is 14.3 Å². The van der Waals surface area contributed by atoms with Crippen molar-refractivity contribution in [1.82, 2.24) is 5.32 Å². The third-order valence-corrected chi connectivity index (χ3v) is 3.60. The van der Waals surface area contributed by atoms with Gasteiger partial charge < -0.3 is 19.9 Å². The number of halogens is 1. The van der Waals surface area contributed by atoms with Gasteiger partial charge in [-0.25, -0.2) is 4.79 Å². The lowest BCUT2D eigenvalue weighted by molar-refractivity contribution is -0.151. The van der Waals surface area contributed by atoms with Crippen LogP contribution >= 0.6 is 15.9 Å². The SMILES string of the molecule is O=C(NCCOc1ccc(Br)cc1)[C@@H]1CC[C@H](C(=O)O)O1. The van der Waals surface area contributed by atoms with Crippen molar-refractivity contribution in [3.8, 4) is 5.75 Å². The van der Waals surface area contributed by atoms with E-state index in [1.807, 2.05) is 24.3 Å². The lowest BCUT2D eigenvalue weighted by Crippen LogP contribution is -2.37. The standard InChI is InChI=1S/C14H16BrNO5/c15-9-1-3-10(4-2-9)20-8-7-16-13(17)11-5-6-12(21-11)14(18)19/h1-4,11-12H,5-8H2,(H,16,17)(H,18,19)/t11-,12+/m0/s1. The number of benzene rings is 1. The highest BCUT2D eigenvalue weighted by Gasteiger charge is 2.34. The molecule has 0 aliphatic carbocycles. The van der Waals surface area contributed by atoms with Crippen LogP contribution in [0.3, 0.4) is 0 Å². The first-order valence-corrected chi connectivity index (χ1v) is 7.40. The lowest BCUT2D eigenvalue weighted by Gasteiger charge is -2.12. The Labute approximate surface area is 130 Å². The summed E-state index contributed by atoms with van der Waals surface area (Å²) in [7, 11) is 0. The number of carbonyl (C=O) groups excluding carboxylic acids is 1. The number of hydrogen-bond donors (Lipinski definition) is 2. The first kappa shape index (κ1) is 15.8. The van der Waals surface area contributed by atoms with Crippen molar-refractivity contribution >= 4 is 27.8 Å². The van der Waals surface area contributed by atoms with Gasteiger partial charge in [0, 0.05) is 4.47 Å². The number of nitrogens with one attached hydrogen (secondary N) is 1. The van der Waals surface area contributed by atoms with Gasteiger partial charge in [0.1, 0.15) is 18.5 Å². The number of carboxylic acid groups (broad SMARTS) is 1. The lowest BCUT2D eigenvalue weighted by atomic mass is 10.2. The molecule has 1 aromatic carbocycles. The van der Waals surface area contributed by atoms with E-state index in [1.54, 1.807) is 0 Å². The third kappa shape index (κ3) is 4.71. The van der Waals surface area contributed by atoms with Crippen molar-refractivity contribution in [2.24, 2.45) is 0 Å². The average Bonchev–Trinajstić information content (AvgIpc) is 2.95. The highest BCUT2D eigenvalue weighted by Crippen LogP contribution is 2.20. The smallest absolute Gasteiger partial charge is 0.332 e. The normalized spacial score (nSPS) is 21.0. The summed E-state index contributed by atoms with van der Waals surface area (Å²) in [5.74, 6) is -0.600. The minimum atomic E-state index is -1.02. The zero-order valence-electron chi connectivity index (χ0n) is 11.3. The second kappa shape index (κ2) is 7.42. The summed E-state index contributed by atoms with van der Waals surface area (Å²) in [4.78, 5) is 22.5. The van der Waals surface area contributed by atoms with Gasteiger partial charge in [0.15, 0.2) is 6.10 Å². The van der Waals surface area contributed by atoms with E-state index in [0.29, 0.717) is 26.0 Å². The number of amides is 1. The van der Waals surface area contributed by atoms with Crippen LogP contribution in [-0.4, -0.2) is 42.3 Å². The molecule has 7 heteroatoms. The van der Waals surface area contributed by atoms with Crippen LogP contribution in [0.1, 0.15) is 12.8 Å². The van der Waals surface area contributed by atoms with Crippen LogP contribution in [0.5, 0.6) is 5.75 Å². The number of carboxylic acids is 1. The molecule has 6 nitrogen and oxygen atoms in total. The minimum absolute atomic E-state index is 0.293. The van der Waals surface area contributed by atoms with Gasteiger partial charge in [0.05, 0.1) is 6.54 Å². The largest absolute Gasteiger partial charge is 0.492 e. The van der Waals surface area contributed by atoms with Gasteiger partial charge in [0.2, 0.25) is 5.91 Å². The summed E-state index contributed by atoms with van der Waals surface area (Å²) < 4.78 is 11.6. The Balaban J connectivity index is 1.66. The van der Waals surface area contributed by atoms with Crippen LogP contribution in [0, 0.1) is 0 Å². The Kier molecular flexibility index (Phi) is 5.58. The molecule has 2 N–H and O–H groups in total. The highest BCUT2D eigenvalue weighted by atomic mass is 79.9. The van der Waals surface area contributed by atoms with Gasteiger partial charge in [-0.2, -0.15) is 0 Å². The first-order chi connectivity index (χ1) is 10.1. The summed E-state index contributed by atoms with van der Waals surface area (Å²) in [5.41, 5.74) is 0. The van der Waals surface area contributed by atoms with Crippen LogP contribution in [0.4, 0.5) is 0 Å². The highest BCUT2D eigenvalue weighted by molar-refractivity contribution is 9.10. The maximum absolute atomic E-state index is 11.8. The molecule has 1 heterocycles. The molecule has 114 valence electrons. The predicted octanol–water partition coefficient (Wildman–Crippen LogP) is 1.58. The molecule has 0 saturated carbocycles. The van der Waals surface area contributed by atoms with Crippen LogP contribution in [0.2, 0.25) is 0 Å². The quantitative estimate of drug-likeness (QED) is 0.755. The summed E-state index contributed by atoms with van der Waals surface area (Å²) >= 11 is 3.33. The zero-order valence-corrected chi connectivity index (χ0v) is 12.8. The van der Waals surface area contributed by atoms with E-state index < -0.39 is 18.2 Å². The molecule has 0 radical (unpaired) electrons. The molecule has 0 aromatic heterocycles. The maximum atomic E-state index is 11.8. The molecule has 2 atom stereocenters. The van der Waals surface area contributed by atoms with Crippen molar-refractivity contribution < 1.29 is 24.2 Å². The van der Waals surface area contributed by atoms with Crippen molar-refractivity contribution in [2.45, 2.75) is 25.0 Å². The monoisotopic (exact) mass is 357 g/mol. The fourth-order valence-corrected chi connectivity index (χ4v) is 2.26. The number of hydrogen-bond acceptors (Lipinski definition) is 4. The minimum Gasteiger partial charge on any atom is -0.492 e. The van der Waals surface area contributed by atoms with E-state index in [4.69, 9.17) is 14.6 Å². The molecule has 21 heavy (non-hydrogen) atoms. The van der Waals surface area contributed by atoms with Crippen LogP contribution in [0.15, 0.2) is 28.7 Å². The van der Waals surface area contributed by atoms with Gasteiger partial charge in [-0.3, -0.25) is 4.79 Å². The van der Waals surface area contributed by atoms with Gasteiger partial charge in [-0.05, 0) is 37.1 Å². The summed E-state index contributed by atoms with van der Waals surface area (Å²) in [6.07, 6.45) is -0.766. The Bertz CT molecular complexity index is 505. The molecule has 1 amide bonds. The molecular weight excluding hydrogens is 342 g/mol. The Hall–Kier alpha value is -1.60. The van der Waals surface area contributed by atoms with Crippen molar-refractivity contribution in [3.63, 3.8) is 0 Å². The molecule has 1 aromatic rings. The Morgan fingerprint density at radius 2 is 1.95 bits per heavy atom. The Morgan fingerprint density at radius 3 is 2.57 bits per heavy atom. The first-order valence-electron chi connectivity index (χ1n) is 6.60. The Morgan fingerprint density at radius 1 is 1.29 bits per heavy atom. The van der Waals surface area contributed by atoms with Crippen molar-refractivity contribution in [1.29, 1.82) is 0 Å². The molecule has 0 bridgehead atoms. The van der Waals surface area contributed by atoms with Crippen LogP contribution in [0.25, 0.3) is 0 Å². The van der Waals surface area contributed by atoms with Crippen molar-refractivity contribution in [3.05, 3.63) is 28.7 Å². The molecule has 1 aliphatic heterocycles. The van der Waals surface area contributed by atoms with Crippen LogP contribution < -0.4 is 10.1 Å². The molecule has 1 aliphatic rings. The van der Waals surface area contributed by atoms with E-state index in [9.17, 15) is 9.59 Å². The second-order valence-electron chi connectivity index (χ2n) is 4.62. The molecule has 0 unspecified atom stereocenters. The second-order valence-corrected chi connectivity index (χ2v) is 5.54. The summed E-state index contributed by atoms with van der Waals surface area (Å²) in [5, 5.41) is 11.5. The van der Waals surface area contributed by atoms with Crippen molar-refractivity contribution in [2.75, 3.05) is 13.2 Å². The number of carbonyl (C=O) groups is 2. The maximum Gasteiger partial charge on any atom is 0.332 e. The zero-order chi connectivity index (χ0) is 15.2. The summed E-state index contributed by atoms with van der Waals surface area (Å²) in [6, 6.07) is 7.38. The van der Waals surface area contributed by atoms with E-state index in [-0.39, 0.29) is 5.91 Å². The van der Waals surface area contributed by atoms with E-state index in [2.05, 4.69) is 21.2 Å². The molecule has 1 fully saturated rings. The van der Waals surface area contributed by atoms with E-state index in [1.165, 1.54) is 0 Å². The van der Waals surface area contributed by atoms with Gasteiger partial charge in [-0.1, -0.05) is 15.9 Å². The fraction of sp³-hybridized carbons (Fsp3) is 0.429. The summed E-state index contributed by atoms with van der Waals surface area (Å²) in [6.45, 7) is 0.676. The molecule has 1 saturated heterocycles. The average molecular weight is 358 g/mol. The number of rotatable bonds is 6. The van der Waals surface area contributed by atoms with Gasteiger partial charge >= 0.3 is 5.97 Å². The molecule has 2 rings (SSSR count). The number of aliphatic carboxylic acids is 1.